The van der Waals surface area contributed by atoms with Crippen LogP contribution in [0.3, 0.4) is 0 Å². The highest BCUT2D eigenvalue weighted by Crippen LogP contribution is 2.20. The van der Waals surface area contributed by atoms with Crippen LogP contribution in [-0.4, -0.2) is 42.3 Å². The Morgan fingerprint density at radius 3 is 2.76 bits per heavy atom. The van der Waals surface area contributed by atoms with Crippen molar-refractivity contribution in [2.75, 3.05) is 13.2 Å². The molecule has 7 heteroatoms. The van der Waals surface area contributed by atoms with Crippen molar-refractivity contribution in [1.29, 1.82) is 0 Å². The summed E-state index contributed by atoms with van der Waals surface area (Å²) in [4.78, 5) is 32.7. The number of amides is 2. The van der Waals surface area contributed by atoms with Crippen LogP contribution in [0.4, 0.5) is 4.79 Å². The molecule has 0 spiro atoms. The first kappa shape index (κ1) is 13.3. The van der Waals surface area contributed by atoms with Gasteiger partial charge in [0.1, 0.15) is 6.04 Å². The number of carbonyl (C=O) groups is 3. The van der Waals surface area contributed by atoms with Crippen LogP contribution in [0.25, 0.3) is 0 Å². The molecule has 2 atom stereocenters. The van der Waals surface area contributed by atoms with Crippen LogP contribution < -0.4 is 10.6 Å². The van der Waals surface area contributed by atoms with Crippen LogP contribution in [0.15, 0.2) is 0 Å². The van der Waals surface area contributed by atoms with Crippen LogP contribution in [0.2, 0.25) is 0 Å². The summed E-state index contributed by atoms with van der Waals surface area (Å²) >= 11 is 0. The molecule has 0 saturated carbocycles. The fraction of sp³-hybridized carbons (Fsp3) is 0.700. The van der Waals surface area contributed by atoms with E-state index in [2.05, 4.69) is 15.4 Å². The number of β-lactam (4-membered cyclic amide) rings is 1. The molecule has 3 N–H and O–H groups in total. The number of carboxylic acid groups (broad SMARTS) is 1. The second kappa shape index (κ2) is 6.07. The zero-order chi connectivity index (χ0) is 12.8. The molecule has 2 amide bonds. The van der Waals surface area contributed by atoms with Gasteiger partial charge in [-0.2, -0.15) is 0 Å². The van der Waals surface area contributed by atoms with E-state index in [1.54, 1.807) is 6.92 Å². The lowest BCUT2D eigenvalue weighted by Gasteiger charge is -2.33. The molecule has 7 nitrogen and oxygen atoms in total. The van der Waals surface area contributed by atoms with Gasteiger partial charge in [-0.1, -0.05) is 0 Å². The molecule has 17 heavy (non-hydrogen) atoms. The fourth-order valence-corrected chi connectivity index (χ4v) is 1.64. The lowest BCUT2D eigenvalue weighted by Crippen LogP contribution is -2.61. The minimum absolute atomic E-state index is 0.242. The Kier molecular flexibility index (Phi) is 4.74. The van der Waals surface area contributed by atoms with Gasteiger partial charge in [0, 0.05) is 6.54 Å². The Bertz CT molecular complexity index is 318. The Balaban J connectivity index is 2.16. The first-order valence-electron chi connectivity index (χ1n) is 5.50. The smallest absolute Gasteiger partial charge is 0.407 e. The zero-order valence-electron chi connectivity index (χ0n) is 9.56. The van der Waals surface area contributed by atoms with Gasteiger partial charge in [-0.15, -0.1) is 0 Å². The summed E-state index contributed by atoms with van der Waals surface area (Å²) in [5, 5.41) is 13.5. The quantitative estimate of drug-likeness (QED) is 0.440. The molecule has 96 valence electrons. The Morgan fingerprint density at radius 2 is 2.24 bits per heavy atom. The number of ether oxygens (including phenoxy) is 1. The van der Waals surface area contributed by atoms with Gasteiger partial charge in [-0.3, -0.25) is 4.79 Å². The van der Waals surface area contributed by atoms with Crippen molar-refractivity contribution in [2.45, 2.75) is 25.8 Å². The summed E-state index contributed by atoms with van der Waals surface area (Å²) in [6.45, 7) is 2.38. The monoisotopic (exact) mass is 244 g/mol. The van der Waals surface area contributed by atoms with Gasteiger partial charge >= 0.3 is 12.1 Å². The molecule has 0 aromatic heterocycles. The number of rotatable bonds is 6. The number of carbonyl (C=O) groups excluding carboxylic acids is 2. The molecule has 1 fully saturated rings. The summed E-state index contributed by atoms with van der Waals surface area (Å²) in [7, 11) is 0. The first-order valence-corrected chi connectivity index (χ1v) is 5.50. The van der Waals surface area contributed by atoms with Gasteiger partial charge in [0.25, 0.3) is 0 Å². The number of carboxylic acids is 1. The average molecular weight is 244 g/mol. The number of hydrogen-bond donors (Lipinski definition) is 3. The molecule has 0 aromatic carbocycles. The van der Waals surface area contributed by atoms with E-state index in [-0.39, 0.29) is 5.91 Å². The molecular weight excluding hydrogens is 228 g/mol. The van der Waals surface area contributed by atoms with Crippen molar-refractivity contribution < 1.29 is 24.2 Å². The van der Waals surface area contributed by atoms with E-state index in [0.717, 1.165) is 0 Å². The van der Waals surface area contributed by atoms with Crippen molar-refractivity contribution in [3.8, 4) is 0 Å². The summed E-state index contributed by atoms with van der Waals surface area (Å²) in [5.74, 6) is -1.75. The maximum absolute atomic E-state index is 11.1. The topological polar surface area (TPSA) is 105 Å². The Labute approximate surface area is 98.5 Å². The number of alkyl carbamates (subject to hydrolysis) is 1. The molecule has 1 heterocycles. The van der Waals surface area contributed by atoms with Crippen LogP contribution >= 0.6 is 0 Å². The van der Waals surface area contributed by atoms with Gasteiger partial charge in [-0.25, -0.2) is 9.59 Å². The molecule has 1 aliphatic rings. The highest BCUT2D eigenvalue weighted by atomic mass is 16.5. The predicted octanol–water partition coefficient (Wildman–Crippen LogP) is -0.288. The van der Waals surface area contributed by atoms with Gasteiger partial charge < -0.3 is 20.5 Å². The summed E-state index contributed by atoms with van der Waals surface area (Å²) in [5.41, 5.74) is 0. The van der Waals surface area contributed by atoms with Crippen molar-refractivity contribution in [3.63, 3.8) is 0 Å². The SMILES string of the molecule is CCOC(=O)NCCCC1C(=O)NC1C(=O)O. The van der Waals surface area contributed by atoms with Gasteiger partial charge in [-0.05, 0) is 19.8 Å². The third kappa shape index (κ3) is 3.61. The van der Waals surface area contributed by atoms with Crippen molar-refractivity contribution in [2.24, 2.45) is 5.92 Å². The molecule has 1 rings (SSSR count). The van der Waals surface area contributed by atoms with Crippen LogP contribution in [0.1, 0.15) is 19.8 Å². The lowest BCUT2D eigenvalue weighted by molar-refractivity contribution is -0.153. The van der Waals surface area contributed by atoms with E-state index < -0.39 is 24.0 Å². The summed E-state index contributed by atoms with van der Waals surface area (Å²) in [6, 6.07) is -0.787. The van der Waals surface area contributed by atoms with E-state index in [1.807, 2.05) is 0 Å². The van der Waals surface area contributed by atoms with E-state index >= 15 is 0 Å². The Morgan fingerprint density at radius 1 is 1.53 bits per heavy atom. The standard InChI is InChI=1S/C10H16N2O5/c1-2-17-10(16)11-5-3-4-6-7(9(14)15)12-8(6)13/h6-7H,2-5H2,1H3,(H,11,16)(H,12,13)(H,14,15). The molecule has 2 unspecified atom stereocenters. The van der Waals surface area contributed by atoms with Crippen molar-refractivity contribution >= 4 is 18.0 Å². The highest BCUT2D eigenvalue weighted by Gasteiger charge is 2.43. The normalized spacial score (nSPS) is 22.3. The number of nitrogens with one attached hydrogen (secondary N) is 2. The fourth-order valence-electron chi connectivity index (χ4n) is 1.64. The van der Waals surface area contributed by atoms with Crippen LogP contribution in [-0.2, 0) is 14.3 Å². The van der Waals surface area contributed by atoms with E-state index in [0.29, 0.717) is 26.0 Å². The second-order valence-corrected chi connectivity index (χ2v) is 3.72. The lowest BCUT2D eigenvalue weighted by atomic mass is 9.86. The average Bonchev–Trinajstić information content (AvgIpc) is 2.25. The van der Waals surface area contributed by atoms with Gasteiger partial charge in [0.05, 0.1) is 12.5 Å². The largest absolute Gasteiger partial charge is 0.480 e. The molecule has 0 radical (unpaired) electrons. The number of aliphatic carboxylic acids is 1. The van der Waals surface area contributed by atoms with Gasteiger partial charge in [0.15, 0.2) is 0 Å². The second-order valence-electron chi connectivity index (χ2n) is 3.72. The summed E-state index contributed by atoms with van der Waals surface area (Å²) in [6.07, 6.45) is 0.482. The zero-order valence-corrected chi connectivity index (χ0v) is 9.56. The molecule has 0 bridgehead atoms. The van der Waals surface area contributed by atoms with E-state index in [4.69, 9.17) is 5.11 Å². The van der Waals surface area contributed by atoms with Gasteiger partial charge in [0.2, 0.25) is 5.91 Å². The molecule has 0 aliphatic carbocycles. The molecule has 0 aromatic rings. The van der Waals surface area contributed by atoms with Crippen LogP contribution in [0, 0.1) is 5.92 Å². The van der Waals surface area contributed by atoms with Crippen LogP contribution in [0.5, 0.6) is 0 Å². The maximum atomic E-state index is 11.1. The minimum atomic E-state index is -1.02. The summed E-state index contributed by atoms with van der Waals surface area (Å²) < 4.78 is 4.65. The van der Waals surface area contributed by atoms with E-state index in [9.17, 15) is 14.4 Å². The third-order valence-corrected chi connectivity index (χ3v) is 2.54. The molecular formula is C10H16N2O5. The van der Waals surface area contributed by atoms with Crippen molar-refractivity contribution in [3.05, 3.63) is 0 Å². The third-order valence-electron chi connectivity index (χ3n) is 2.54. The van der Waals surface area contributed by atoms with E-state index in [1.165, 1.54) is 0 Å². The molecule has 1 aliphatic heterocycles. The Hall–Kier alpha value is -1.79. The maximum Gasteiger partial charge on any atom is 0.407 e. The first-order chi connectivity index (χ1) is 8.06. The highest BCUT2D eigenvalue weighted by molar-refractivity contribution is 5.96. The molecule has 1 saturated heterocycles. The minimum Gasteiger partial charge on any atom is -0.480 e. The predicted molar refractivity (Wildman–Crippen MR) is 57.3 cm³/mol. The number of hydrogen-bond acceptors (Lipinski definition) is 4. The van der Waals surface area contributed by atoms with Crippen molar-refractivity contribution in [1.82, 2.24) is 10.6 Å².